The monoisotopic (exact) mass is 426 g/mol. The van der Waals surface area contributed by atoms with Crippen LogP contribution < -0.4 is 5.56 Å². The third-order valence-corrected chi connectivity index (χ3v) is 4.68. The van der Waals surface area contributed by atoms with Gasteiger partial charge >= 0.3 is 11.9 Å². The molecule has 0 bridgehead atoms. The highest BCUT2D eigenvalue weighted by Crippen LogP contribution is 2.34. The Morgan fingerprint density at radius 3 is 2.48 bits per heavy atom. The molecule has 10 heteroatoms. The summed E-state index contributed by atoms with van der Waals surface area (Å²) in [5.74, 6) is -4.89. The van der Waals surface area contributed by atoms with Crippen LogP contribution in [0.25, 0.3) is 4.85 Å². The van der Waals surface area contributed by atoms with Gasteiger partial charge in [-0.1, -0.05) is 25.5 Å². The molecular weight excluding hydrogens is 404 g/mol. The summed E-state index contributed by atoms with van der Waals surface area (Å²) in [5.41, 5.74) is 0.164. The Kier molecular flexibility index (Phi) is 7.63. The molecule has 162 valence electrons. The van der Waals surface area contributed by atoms with Crippen LogP contribution >= 0.6 is 0 Å². The van der Waals surface area contributed by atoms with E-state index in [0.29, 0.717) is 12.0 Å². The first-order valence-corrected chi connectivity index (χ1v) is 9.51. The molecule has 0 radical (unpaired) electrons. The number of carboxylic acid groups (broad SMARTS) is 2. The van der Waals surface area contributed by atoms with E-state index in [1.54, 1.807) is 18.2 Å². The molecule has 31 heavy (non-hydrogen) atoms. The largest absolute Gasteiger partial charge is 0.503 e. The van der Waals surface area contributed by atoms with Crippen molar-refractivity contribution in [3.8, 4) is 5.88 Å². The third-order valence-electron chi connectivity index (χ3n) is 4.68. The van der Waals surface area contributed by atoms with Crippen LogP contribution in [0.2, 0.25) is 0 Å². The van der Waals surface area contributed by atoms with Crippen LogP contribution in [-0.2, 0) is 22.6 Å². The van der Waals surface area contributed by atoms with Crippen LogP contribution in [0.15, 0.2) is 39.3 Å². The number of carbonyl (C=O) groups is 2. The van der Waals surface area contributed by atoms with Gasteiger partial charge in [0.2, 0.25) is 5.69 Å². The van der Waals surface area contributed by atoms with Crippen LogP contribution in [-0.4, -0.2) is 31.8 Å². The van der Waals surface area contributed by atoms with E-state index in [1.165, 1.54) is 13.0 Å². The van der Waals surface area contributed by atoms with Crippen LogP contribution in [0.1, 0.15) is 30.9 Å². The van der Waals surface area contributed by atoms with Crippen LogP contribution in [0, 0.1) is 19.4 Å². The Morgan fingerprint density at radius 2 is 1.90 bits per heavy atom. The van der Waals surface area contributed by atoms with Crippen LogP contribution in [0.4, 0.5) is 17.1 Å². The van der Waals surface area contributed by atoms with Crippen molar-refractivity contribution >= 4 is 29.0 Å². The van der Waals surface area contributed by atoms with Gasteiger partial charge in [0.1, 0.15) is 5.69 Å². The number of rotatable bonds is 9. The molecule has 0 saturated carbocycles. The van der Waals surface area contributed by atoms with E-state index < -0.39 is 29.3 Å². The molecule has 0 unspecified atom stereocenters. The number of aromatic nitrogens is 1. The van der Waals surface area contributed by atoms with Crippen molar-refractivity contribution in [3.05, 3.63) is 57.2 Å². The lowest BCUT2D eigenvalue weighted by Crippen LogP contribution is -2.25. The smallest absolute Gasteiger partial charge is 0.318 e. The quantitative estimate of drug-likeness (QED) is 0.314. The number of hydrogen-bond donors (Lipinski definition) is 3. The van der Waals surface area contributed by atoms with Gasteiger partial charge in [-0.2, -0.15) is 5.11 Å². The SMILES string of the molecule is [C-]#[N+]c1c(C)c(N=Nc2cccc(CC(C(=O)O)C(=O)O)c2)c(=O)n(CCCC)c1O. The fourth-order valence-electron chi connectivity index (χ4n) is 2.94. The van der Waals surface area contributed by atoms with E-state index in [0.717, 1.165) is 11.0 Å². The normalized spacial score (nSPS) is 11.0. The third kappa shape index (κ3) is 5.33. The number of aliphatic carboxylic acids is 2. The zero-order valence-corrected chi connectivity index (χ0v) is 17.1. The molecule has 0 aliphatic carbocycles. The number of pyridine rings is 1. The summed E-state index contributed by atoms with van der Waals surface area (Å²) in [4.78, 5) is 38.3. The second kappa shape index (κ2) is 10.2. The summed E-state index contributed by atoms with van der Waals surface area (Å²) < 4.78 is 1.10. The summed E-state index contributed by atoms with van der Waals surface area (Å²) >= 11 is 0. The molecule has 0 saturated heterocycles. The molecule has 1 aromatic heterocycles. The van der Waals surface area contributed by atoms with Crippen LogP contribution in [0.3, 0.4) is 0 Å². The topological polar surface area (TPSA) is 146 Å². The Morgan fingerprint density at radius 1 is 1.23 bits per heavy atom. The molecule has 0 fully saturated rings. The number of azo groups is 1. The van der Waals surface area contributed by atoms with Gasteiger partial charge in [-0.25, -0.2) is 4.85 Å². The predicted molar refractivity (Wildman–Crippen MR) is 111 cm³/mol. The van der Waals surface area contributed by atoms with Crippen molar-refractivity contribution in [1.29, 1.82) is 0 Å². The van der Waals surface area contributed by atoms with E-state index in [2.05, 4.69) is 15.1 Å². The van der Waals surface area contributed by atoms with Gasteiger partial charge in [0, 0.05) is 6.54 Å². The molecule has 0 atom stereocenters. The first-order valence-electron chi connectivity index (χ1n) is 9.51. The van der Waals surface area contributed by atoms with Gasteiger partial charge < -0.3 is 15.3 Å². The maximum atomic E-state index is 12.8. The van der Waals surface area contributed by atoms with Crippen LogP contribution in [0.5, 0.6) is 5.88 Å². The van der Waals surface area contributed by atoms with Gasteiger partial charge in [-0.05, 0) is 43.0 Å². The lowest BCUT2D eigenvalue weighted by molar-refractivity contribution is -0.154. The zero-order chi connectivity index (χ0) is 23.1. The first-order chi connectivity index (χ1) is 14.7. The van der Waals surface area contributed by atoms with E-state index in [4.69, 9.17) is 16.8 Å². The van der Waals surface area contributed by atoms with Crippen molar-refractivity contribution in [2.75, 3.05) is 0 Å². The summed E-state index contributed by atoms with van der Waals surface area (Å²) in [7, 11) is 0. The molecule has 1 heterocycles. The fourth-order valence-corrected chi connectivity index (χ4v) is 2.94. The van der Waals surface area contributed by atoms with E-state index >= 15 is 0 Å². The highest BCUT2D eigenvalue weighted by molar-refractivity contribution is 5.93. The average Bonchev–Trinajstić information content (AvgIpc) is 2.72. The first kappa shape index (κ1) is 23.3. The number of benzene rings is 1. The number of hydrogen-bond acceptors (Lipinski definition) is 6. The number of aromatic hydroxyl groups is 1. The molecule has 0 amide bonds. The molecule has 2 aromatic rings. The minimum atomic E-state index is -1.60. The standard InChI is InChI=1S/C21H22N4O6/c1-4-5-9-25-18(26)16(22-3)12(2)17(19(25)27)24-23-14-8-6-7-13(10-14)11-15(20(28)29)21(30)31/h6-8,10,15,26H,4-5,9,11H2,1-2H3,(H,28,29)(H,30,31). The Bertz CT molecular complexity index is 1120. The van der Waals surface area contributed by atoms with E-state index in [1.807, 2.05) is 6.92 Å². The summed E-state index contributed by atoms with van der Waals surface area (Å²) in [6.07, 6.45) is 1.17. The maximum Gasteiger partial charge on any atom is 0.318 e. The average molecular weight is 426 g/mol. The minimum absolute atomic E-state index is 0.0795. The molecule has 0 aliphatic heterocycles. The van der Waals surface area contributed by atoms with Gasteiger partial charge in [0.05, 0.1) is 12.3 Å². The van der Waals surface area contributed by atoms with Crippen molar-refractivity contribution < 1.29 is 24.9 Å². The van der Waals surface area contributed by atoms with Gasteiger partial charge in [-0.15, -0.1) is 5.11 Å². The Labute approximate surface area is 177 Å². The highest BCUT2D eigenvalue weighted by atomic mass is 16.4. The van der Waals surface area contributed by atoms with Crippen molar-refractivity contribution in [2.24, 2.45) is 16.1 Å². The summed E-state index contributed by atoms with van der Waals surface area (Å²) in [6, 6.07) is 6.17. The fraction of sp³-hybridized carbons (Fsp3) is 0.333. The zero-order valence-electron chi connectivity index (χ0n) is 17.1. The molecular formula is C21H22N4O6. The number of unbranched alkanes of at least 4 members (excludes halogenated alkanes) is 1. The van der Waals surface area contributed by atoms with Gasteiger partial charge in [-0.3, -0.25) is 19.0 Å². The molecule has 1 aromatic carbocycles. The number of carboxylic acids is 2. The van der Waals surface area contributed by atoms with E-state index in [9.17, 15) is 19.5 Å². The molecule has 2 rings (SSSR count). The maximum absolute atomic E-state index is 12.8. The van der Waals surface area contributed by atoms with Crippen molar-refractivity contribution in [3.63, 3.8) is 0 Å². The second-order valence-corrected chi connectivity index (χ2v) is 6.87. The summed E-state index contributed by atoms with van der Waals surface area (Å²) in [5, 5.41) is 36.4. The second-order valence-electron chi connectivity index (χ2n) is 6.87. The minimum Gasteiger partial charge on any atom is -0.503 e. The Hall–Kier alpha value is -4.00. The predicted octanol–water partition coefficient (Wildman–Crippen LogP) is 3.96. The van der Waals surface area contributed by atoms with E-state index in [-0.39, 0.29) is 35.6 Å². The molecule has 0 aliphatic rings. The van der Waals surface area contributed by atoms with Crippen molar-refractivity contribution in [1.82, 2.24) is 4.57 Å². The highest BCUT2D eigenvalue weighted by Gasteiger charge is 2.26. The molecule has 0 spiro atoms. The van der Waals surface area contributed by atoms with Gasteiger partial charge in [0.25, 0.3) is 5.56 Å². The van der Waals surface area contributed by atoms with Gasteiger partial charge in [0.15, 0.2) is 11.8 Å². The number of nitrogens with zero attached hydrogens (tertiary/aromatic N) is 4. The Balaban J connectivity index is 2.44. The molecule has 3 N–H and O–H groups in total. The molecule has 10 nitrogen and oxygen atoms in total. The van der Waals surface area contributed by atoms with Crippen molar-refractivity contribution in [2.45, 2.75) is 39.7 Å². The lowest BCUT2D eigenvalue weighted by Gasteiger charge is -2.12. The summed E-state index contributed by atoms with van der Waals surface area (Å²) in [6.45, 7) is 11.0. The lowest BCUT2D eigenvalue weighted by atomic mass is 9.99.